The minimum Gasteiger partial charge on any atom is -0.244 e. The predicted molar refractivity (Wildman–Crippen MR) is 60.7 cm³/mol. The highest BCUT2D eigenvalue weighted by Crippen LogP contribution is 2.18. The molecule has 1 heterocycles. The summed E-state index contributed by atoms with van der Waals surface area (Å²) in [6.07, 6.45) is 0.621. The summed E-state index contributed by atoms with van der Waals surface area (Å²) < 4.78 is 15.8. The zero-order chi connectivity index (χ0) is 12.6. The Bertz CT molecular complexity index is 614. The van der Waals surface area contributed by atoms with Crippen LogP contribution in [0.2, 0.25) is 0 Å². The summed E-state index contributed by atoms with van der Waals surface area (Å²) >= 11 is 0. The van der Waals surface area contributed by atoms with Gasteiger partial charge in [-0.1, -0.05) is 6.92 Å². The van der Waals surface area contributed by atoms with Crippen molar-refractivity contribution in [2.45, 2.75) is 20.3 Å². The number of halogens is 1. The first-order chi connectivity index (χ1) is 8.04. The molecule has 90 valence electrons. The van der Waals surface area contributed by atoms with Crippen LogP contribution in [-0.2, 0) is 13.5 Å². The van der Waals surface area contributed by atoms with E-state index in [9.17, 15) is 9.18 Å². The van der Waals surface area contributed by atoms with Crippen LogP contribution in [0.4, 0.5) is 4.39 Å². The lowest BCUT2D eigenvalue weighted by Crippen LogP contribution is -2.23. The lowest BCUT2D eigenvalue weighted by atomic mass is 10.1. The first-order valence-corrected chi connectivity index (χ1v) is 5.33. The Morgan fingerprint density at radius 2 is 2.06 bits per heavy atom. The summed E-state index contributed by atoms with van der Waals surface area (Å²) in [6, 6.07) is 3.05. The van der Waals surface area contributed by atoms with Crippen LogP contribution >= 0.6 is 0 Å². The SMILES string of the molecule is CCc1cc(F)c(C)cc1-n1nnn(C)c1=O. The summed E-state index contributed by atoms with van der Waals surface area (Å²) in [4.78, 5) is 11.7. The highest BCUT2D eigenvalue weighted by Gasteiger charge is 2.12. The van der Waals surface area contributed by atoms with Gasteiger partial charge in [0, 0.05) is 7.05 Å². The highest BCUT2D eigenvalue weighted by atomic mass is 19.1. The molecule has 2 aromatic rings. The van der Waals surface area contributed by atoms with Gasteiger partial charge in [0.1, 0.15) is 5.82 Å². The van der Waals surface area contributed by atoms with Crippen molar-refractivity contribution < 1.29 is 4.39 Å². The molecule has 0 spiro atoms. The van der Waals surface area contributed by atoms with E-state index in [4.69, 9.17) is 0 Å². The Labute approximate surface area is 97.5 Å². The van der Waals surface area contributed by atoms with E-state index in [-0.39, 0.29) is 11.5 Å². The monoisotopic (exact) mass is 236 g/mol. The predicted octanol–water partition coefficient (Wildman–Crippen LogP) is 0.976. The Kier molecular flexibility index (Phi) is 2.79. The molecule has 0 atom stereocenters. The normalized spacial score (nSPS) is 10.8. The van der Waals surface area contributed by atoms with Crippen LogP contribution in [0.5, 0.6) is 0 Å². The smallest absolute Gasteiger partial charge is 0.244 e. The molecule has 1 aromatic heterocycles. The molecule has 1 aromatic carbocycles. The fourth-order valence-electron chi connectivity index (χ4n) is 1.65. The quantitative estimate of drug-likeness (QED) is 0.781. The molecule has 6 heteroatoms. The van der Waals surface area contributed by atoms with E-state index >= 15 is 0 Å². The highest BCUT2D eigenvalue weighted by molar-refractivity contribution is 5.43. The topological polar surface area (TPSA) is 52.7 Å². The second-order valence-corrected chi connectivity index (χ2v) is 3.88. The summed E-state index contributed by atoms with van der Waals surface area (Å²) in [5.74, 6) is -0.275. The van der Waals surface area contributed by atoms with E-state index in [2.05, 4.69) is 10.4 Å². The van der Waals surface area contributed by atoms with Crippen LogP contribution in [0.15, 0.2) is 16.9 Å². The van der Waals surface area contributed by atoms with Crippen LogP contribution < -0.4 is 5.69 Å². The van der Waals surface area contributed by atoms with Gasteiger partial charge in [0.25, 0.3) is 0 Å². The lowest BCUT2D eigenvalue weighted by molar-refractivity contribution is 0.614. The van der Waals surface area contributed by atoms with Crippen LogP contribution in [0.1, 0.15) is 18.1 Å². The van der Waals surface area contributed by atoms with Crippen LogP contribution in [0.25, 0.3) is 5.69 Å². The molecular weight excluding hydrogens is 223 g/mol. The number of benzene rings is 1. The van der Waals surface area contributed by atoms with Crippen molar-refractivity contribution in [2.75, 3.05) is 0 Å². The fourth-order valence-corrected chi connectivity index (χ4v) is 1.65. The van der Waals surface area contributed by atoms with Gasteiger partial charge in [-0.25, -0.2) is 9.18 Å². The summed E-state index contributed by atoms with van der Waals surface area (Å²) in [5.41, 5.74) is 1.46. The third-order valence-corrected chi connectivity index (χ3v) is 2.69. The van der Waals surface area contributed by atoms with Gasteiger partial charge < -0.3 is 0 Å². The van der Waals surface area contributed by atoms with E-state index in [1.165, 1.54) is 17.8 Å². The first kappa shape index (κ1) is 11.5. The van der Waals surface area contributed by atoms with Gasteiger partial charge in [-0.15, -0.1) is 0 Å². The number of aryl methyl sites for hydroxylation is 3. The van der Waals surface area contributed by atoms with Gasteiger partial charge in [0.2, 0.25) is 0 Å². The maximum Gasteiger partial charge on any atom is 0.368 e. The Morgan fingerprint density at radius 3 is 2.59 bits per heavy atom. The van der Waals surface area contributed by atoms with Crippen molar-refractivity contribution >= 4 is 0 Å². The fraction of sp³-hybridized carbons (Fsp3) is 0.364. The van der Waals surface area contributed by atoms with Crippen molar-refractivity contribution in [2.24, 2.45) is 7.05 Å². The van der Waals surface area contributed by atoms with Gasteiger partial charge in [-0.3, -0.25) is 0 Å². The zero-order valence-electron chi connectivity index (χ0n) is 9.94. The van der Waals surface area contributed by atoms with Crippen molar-refractivity contribution in [3.8, 4) is 5.69 Å². The lowest BCUT2D eigenvalue weighted by Gasteiger charge is -2.08. The molecule has 0 saturated heterocycles. The van der Waals surface area contributed by atoms with E-state index < -0.39 is 0 Å². The van der Waals surface area contributed by atoms with Crippen molar-refractivity contribution in [1.29, 1.82) is 0 Å². The van der Waals surface area contributed by atoms with E-state index in [0.29, 0.717) is 17.7 Å². The molecule has 5 nitrogen and oxygen atoms in total. The minimum atomic E-state index is -0.342. The molecule has 0 radical (unpaired) electrons. The average Bonchev–Trinajstić information content (AvgIpc) is 2.63. The molecule has 0 aliphatic carbocycles. The Morgan fingerprint density at radius 1 is 1.35 bits per heavy atom. The minimum absolute atomic E-state index is 0.275. The summed E-state index contributed by atoms with van der Waals surface area (Å²) in [6.45, 7) is 3.55. The van der Waals surface area contributed by atoms with Crippen molar-refractivity contribution in [3.63, 3.8) is 0 Å². The van der Waals surface area contributed by atoms with Gasteiger partial charge in [0.05, 0.1) is 5.69 Å². The third kappa shape index (κ3) is 1.86. The molecule has 0 aliphatic rings. The van der Waals surface area contributed by atoms with Gasteiger partial charge in [0.15, 0.2) is 0 Å². The molecule has 0 unspecified atom stereocenters. The maximum atomic E-state index is 13.4. The zero-order valence-corrected chi connectivity index (χ0v) is 9.94. The summed E-state index contributed by atoms with van der Waals surface area (Å²) in [5, 5.41) is 7.40. The average molecular weight is 236 g/mol. The number of aromatic nitrogens is 4. The molecular formula is C11H13FN4O. The molecule has 0 amide bonds. The third-order valence-electron chi connectivity index (χ3n) is 2.69. The van der Waals surface area contributed by atoms with Crippen LogP contribution in [0, 0.1) is 12.7 Å². The van der Waals surface area contributed by atoms with Crippen molar-refractivity contribution in [3.05, 3.63) is 39.6 Å². The number of rotatable bonds is 2. The van der Waals surface area contributed by atoms with Crippen LogP contribution in [-0.4, -0.2) is 19.8 Å². The standard InChI is InChI=1S/C11H13FN4O/c1-4-8-6-9(12)7(2)5-10(8)16-11(17)15(3)13-14-16/h5-6H,4H2,1-3H3. The molecule has 0 N–H and O–H groups in total. The summed E-state index contributed by atoms with van der Waals surface area (Å²) in [7, 11) is 1.52. The molecule has 0 aliphatic heterocycles. The van der Waals surface area contributed by atoms with Crippen LogP contribution in [0.3, 0.4) is 0 Å². The number of nitrogens with zero attached hydrogens (tertiary/aromatic N) is 4. The Balaban J connectivity index is 2.70. The van der Waals surface area contributed by atoms with E-state index in [1.54, 1.807) is 13.0 Å². The van der Waals surface area contributed by atoms with E-state index in [1.807, 2.05) is 6.92 Å². The van der Waals surface area contributed by atoms with Gasteiger partial charge in [-0.05, 0) is 47.0 Å². The van der Waals surface area contributed by atoms with E-state index in [0.717, 1.165) is 10.2 Å². The first-order valence-electron chi connectivity index (χ1n) is 5.33. The van der Waals surface area contributed by atoms with Gasteiger partial charge >= 0.3 is 5.69 Å². The number of hydrogen-bond donors (Lipinski definition) is 0. The number of tetrazole rings is 1. The molecule has 2 rings (SSSR count). The molecule has 0 fully saturated rings. The molecule has 0 bridgehead atoms. The van der Waals surface area contributed by atoms with Gasteiger partial charge in [-0.2, -0.15) is 9.36 Å². The Hall–Kier alpha value is -1.98. The molecule has 0 saturated carbocycles. The van der Waals surface area contributed by atoms with Crippen molar-refractivity contribution in [1.82, 2.24) is 19.8 Å². The largest absolute Gasteiger partial charge is 0.368 e. The second-order valence-electron chi connectivity index (χ2n) is 3.88. The second kappa shape index (κ2) is 4.12. The number of hydrogen-bond acceptors (Lipinski definition) is 3. The maximum absolute atomic E-state index is 13.4. The molecule has 17 heavy (non-hydrogen) atoms.